The zero-order valence-corrected chi connectivity index (χ0v) is 18.8. The van der Waals surface area contributed by atoms with E-state index >= 15 is 0 Å². The number of unbranched alkanes of at least 4 members (excludes halogenated alkanes) is 5. The molecule has 2 nitrogen and oxygen atoms in total. The lowest BCUT2D eigenvalue weighted by molar-refractivity contribution is -0.131. The number of amides is 1. The van der Waals surface area contributed by atoms with Crippen LogP contribution in [0, 0.1) is 0 Å². The number of benzene rings is 2. The molecule has 0 saturated carbocycles. The summed E-state index contributed by atoms with van der Waals surface area (Å²) in [6.07, 6.45) is 11.6. The molecule has 1 atom stereocenters. The Bertz CT molecular complexity index is 679. The third-order valence-corrected chi connectivity index (χ3v) is 8.60. The van der Waals surface area contributed by atoms with Crippen molar-refractivity contribution in [2.75, 3.05) is 12.7 Å². The highest BCUT2D eigenvalue weighted by Gasteiger charge is 2.31. The highest BCUT2D eigenvalue weighted by Crippen LogP contribution is 2.38. The van der Waals surface area contributed by atoms with E-state index in [4.69, 9.17) is 0 Å². The summed E-state index contributed by atoms with van der Waals surface area (Å²) >= 11 is 0. The van der Waals surface area contributed by atoms with Gasteiger partial charge in [-0.2, -0.15) is 0 Å². The van der Waals surface area contributed by atoms with Crippen LogP contribution in [-0.4, -0.2) is 29.6 Å². The van der Waals surface area contributed by atoms with E-state index in [1.54, 1.807) is 0 Å². The zero-order valence-electron chi connectivity index (χ0n) is 17.9. The molecule has 0 aromatic heterocycles. The highest BCUT2D eigenvalue weighted by atomic mass is 31.1. The lowest BCUT2D eigenvalue weighted by Gasteiger charge is -2.29. The van der Waals surface area contributed by atoms with Crippen molar-refractivity contribution in [2.45, 2.75) is 70.8 Å². The third-order valence-electron chi connectivity index (χ3n) is 5.97. The fourth-order valence-corrected chi connectivity index (χ4v) is 6.93. The largest absolute Gasteiger partial charge is 0.339 e. The molecule has 0 aliphatic carbocycles. The van der Waals surface area contributed by atoms with Gasteiger partial charge in [0.25, 0.3) is 0 Å². The summed E-state index contributed by atoms with van der Waals surface area (Å²) in [5.41, 5.74) is 0. The topological polar surface area (TPSA) is 20.3 Å². The van der Waals surface area contributed by atoms with Gasteiger partial charge in [0.05, 0.1) is 0 Å². The molecule has 1 fully saturated rings. The Balaban J connectivity index is 1.61. The van der Waals surface area contributed by atoms with Gasteiger partial charge in [0, 0.05) is 19.0 Å². The molecule has 29 heavy (non-hydrogen) atoms. The van der Waals surface area contributed by atoms with Crippen LogP contribution >= 0.6 is 7.92 Å². The Labute approximate surface area is 178 Å². The Morgan fingerprint density at radius 1 is 0.897 bits per heavy atom. The van der Waals surface area contributed by atoms with Crippen molar-refractivity contribution >= 4 is 24.4 Å². The summed E-state index contributed by atoms with van der Waals surface area (Å²) in [5, 5.41) is 2.84. The van der Waals surface area contributed by atoms with Gasteiger partial charge in [-0.1, -0.05) is 99.7 Å². The smallest absolute Gasteiger partial charge is 0.222 e. The second-order valence-electron chi connectivity index (χ2n) is 8.18. The maximum absolute atomic E-state index is 12.9. The van der Waals surface area contributed by atoms with E-state index in [2.05, 4.69) is 72.5 Å². The van der Waals surface area contributed by atoms with Gasteiger partial charge in [-0.25, -0.2) is 0 Å². The molecule has 3 heteroatoms. The highest BCUT2D eigenvalue weighted by molar-refractivity contribution is 7.73. The molecule has 1 saturated heterocycles. The molecular formula is C26H36NOP. The predicted molar refractivity (Wildman–Crippen MR) is 127 cm³/mol. The molecule has 1 aliphatic rings. The molecule has 1 heterocycles. The van der Waals surface area contributed by atoms with Gasteiger partial charge in [-0.15, -0.1) is 0 Å². The Hall–Kier alpha value is -1.66. The summed E-state index contributed by atoms with van der Waals surface area (Å²) in [6, 6.07) is 22.2. The molecule has 1 amide bonds. The van der Waals surface area contributed by atoms with Gasteiger partial charge in [0.2, 0.25) is 5.91 Å². The van der Waals surface area contributed by atoms with Crippen LogP contribution in [0.2, 0.25) is 0 Å². The number of rotatable bonds is 11. The fraction of sp³-hybridized carbons (Fsp3) is 0.500. The summed E-state index contributed by atoms with van der Waals surface area (Å²) in [5.74, 6) is 0.388. The van der Waals surface area contributed by atoms with Gasteiger partial charge >= 0.3 is 0 Å². The number of hydrogen-bond donors (Lipinski definition) is 0. The molecule has 0 unspecified atom stereocenters. The van der Waals surface area contributed by atoms with Crippen LogP contribution in [0.3, 0.4) is 0 Å². The first kappa shape index (κ1) is 22.0. The first-order chi connectivity index (χ1) is 14.3. The van der Waals surface area contributed by atoms with Crippen LogP contribution in [0.15, 0.2) is 60.7 Å². The van der Waals surface area contributed by atoms with Gasteiger partial charge in [0.1, 0.15) is 0 Å². The second-order valence-corrected chi connectivity index (χ2v) is 10.4. The number of hydrogen-bond acceptors (Lipinski definition) is 1. The van der Waals surface area contributed by atoms with Crippen LogP contribution in [0.25, 0.3) is 0 Å². The Kier molecular flexibility index (Phi) is 9.22. The number of likely N-dealkylation sites (tertiary alicyclic amines) is 1. The van der Waals surface area contributed by atoms with Crippen molar-refractivity contribution in [1.29, 1.82) is 0 Å². The van der Waals surface area contributed by atoms with Gasteiger partial charge in [-0.05, 0) is 44.0 Å². The van der Waals surface area contributed by atoms with E-state index in [9.17, 15) is 4.79 Å². The summed E-state index contributed by atoms with van der Waals surface area (Å²) < 4.78 is 0. The van der Waals surface area contributed by atoms with E-state index in [0.29, 0.717) is 11.9 Å². The molecule has 2 aromatic carbocycles. The number of nitrogens with zero attached hydrogens (tertiary/aromatic N) is 1. The minimum absolute atomic E-state index is 0.388. The third kappa shape index (κ3) is 6.68. The molecule has 2 aromatic rings. The average molecular weight is 410 g/mol. The normalized spacial score (nSPS) is 16.5. The fourth-order valence-electron chi connectivity index (χ4n) is 4.34. The van der Waals surface area contributed by atoms with Crippen molar-refractivity contribution in [3.05, 3.63) is 60.7 Å². The van der Waals surface area contributed by atoms with Gasteiger partial charge < -0.3 is 4.90 Å². The minimum atomic E-state index is -0.430. The number of carbonyl (C=O) groups excluding carboxylic acids is 1. The van der Waals surface area contributed by atoms with E-state index in [1.165, 1.54) is 42.7 Å². The second kappa shape index (κ2) is 12.1. The monoisotopic (exact) mass is 409 g/mol. The zero-order chi connectivity index (χ0) is 20.3. The first-order valence-electron chi connectivity index (χ1n) is 11.5. The van der Waals surface area contributed by atoms with Gasteiger partial charge in [-0.3, -0.25) is 4.79 Å². The molecule has 0 bridgehead atoms. The maximum atomic E-state index is 12.9. The molecular weight excluding hydrogens is 373 g/mol. The SMILES string of the molecule is CCCCCCCCC(=O)N1CCC[C@H]1CP(c1ccccc1)c1ccccc1. The quantitative estimate of drug-likeness (QED) is 0.336. The summed E-state index contributed by atoms with van der Waals surface area (Å²) in [6.45, 7) is 3.20. The van der Waals surface area contributed by atoms with Crippen LogP contribution < -0.4 is 10.6 Å². The number of carbonyl (C=O) groups is 1. The van der Waals surface area contributed by atoms with Crippen LogP contribution in [-0.2, 0) is 4.79 Å². The van der Waals surface area contributed by atoms with Crippen molar-refractivity contribution in [2.24, 2.45) is 0 Å². The molecule has 0 N–H and O–H groups in total. The van der Waals surface area contributed by atoms with E-state index in [1.807, 2.05) is 0 Å². The molecule has 1 aliphatic heterocycles. The average Bonchev–Trinajstić information content (AvgIpc) is 3.24. The Morgan fingerprint density at radius 3 is 2.10 bits per heavy atom. The lowest BCUT2D eigenvalue weighted by Crippen LogP contribution is -2.38. The van der Waals surface area contributed by atoms with Crippen LogP contribution in [0.1, 0.15) is 64.7 Å². The maximum Gasteiger partial charge on any atom is 0.222 e. The van der Waals surface area contributed by atoms with E-state index in [-0.39, 0.29) is 0 Å². The van der Waals surface area contributed by atoms with Crippen LogP contribution in [0.4, 0.5) is 0 Å². The van der Waals surface area contributed by atoms with Crippen molar-refractivity contribution in [3.8, 4) is 0 Å². The van der Waals surface area contributed by atoms with Gasteiger partial charge in [0.15, 0.2) is 0 Å². The summed E-state index contributed by atoms with van der Waals surface area (Å²) in [7, 11) is -0.430. The first-order valence-corrected chi connectivity index (χ1v) is 13.0. The predicted octanol–water partition coefficient (Wildman–Crippen LogP) is 5.86. The molecule has 0 radical (unpaired) electrons. The Morgan fingerprint density at radius 2 is 1.48 bits per heavy atom. The molecule has 156 valence electrons. The van der Waals surface area contributed by atoms with E-state index in [0.717, 1.165) is 38.4 Å². The molecule has 3 rings (SSSR count). The van der Waals surface area contributed by atoms with E-state index < -0.39 is 7.92 Å². The lowest BCUT2D eigenvalue weighted by atomic mass is 10.1. The summed E-state index contributed by atoms with van der Waals surface area (Å²) in [4.78, 5) is 15.1. The molecule has 0 spiro atoms. The minimum Gasteiger partial charge on any atom is -0.339 e. The van der Waals surface area contributed by atoms with Crippen LogP contribution in [0.5, 0.6) is 0 Å². The standard InChI is InChI=1S/C26H36NOP/c1-2-3-4-5-6-13-20-26(28)27-21-14-15-23(27)22-29(24-16-9-7-10-17-24)25-18-11-8-12-19-25/h7-12,16-19,23H,2-6,13-15,20-22H2,1H3/t23-/m0/s1. The van der Waals surface area contributed by atoms with Crippen molar-refractivity contribution in [3.63, 3.8) is 0 Å². The van der Waals surface area contributed by atoms with Crippen molar-refractivity contribution < 1.29 is 4.79 Å². The van der Waals surface area contributed by atoms with Crippen molar-refractivity contribution in [1.82, 2.24) is 4.90 Å².